The lowest BCUT2D eigenvalue weighted by Crippen LogP contribution is -2.40. The summed E-state index contributed by atoms with van der Waals surface area (Å²) in [5.74, 6) is 0. The largest absolute Gasteiger partial charge is 0.309 e. The van der Waals surface area contributed by atoms with Gasteiger partial charge in [-0.3, -0.25) is 0 Å². The molecule has 0 saturated carbocycles. The summed E-state index contributed by atoms with van der Waals surface area (Å²) in [4.78, 5) is 5.27. The summed E-state index contributed by atoms with van der Waals surface area (Å²) in [7, 11) is -1.82. The van der Waals surface area contributed by atoms with Gasteiger partial charge in [0.05, 0.1) is 28.1 Å². The van der Waals surface area contributed by atoms with Crippen LogP contribution in [0, 0.1) is 0 Å². The molecule has 0 spiro atoms. The van der Waals surface area contributed by atoms with Gasteiger partial charge in [0.25, 0.3) is 0 Å². The quantitative estimate of drug-likeness (QED) is 0.174. The monoisotopic (exact) mass is 674 g/mol. The van der Waals surface area contributed by atoms with E-state index in [1.165, 1.54) is 41.4 Å². The van der Waals surface area contributed by atoms with Crippen LogP contribution in [0.3, 0.4) is 0 Å². The number of para-hydroxylation sites is 2. The van der Waals surface area contributed by atoms with Crippen molar-refractivity contribution in [3.63, 3.8) is 0 Å². The maximum Gasteiger partial charge on any atom is 0.0923 e. The molecule has 2 aliphatic heterocycles. The molecule has 0 unspecified atom stereocenters. The maximum absolute atomic E-state index is 2.47. The third-order valence-electron chi connectivity index (χ3n) is 9.96. The number of nitrogens with zero attached hydrogens (tertiary/aromatic N) is 4. The minimum Gasteiger partial charge on any atom is -0.309 e. The molecule has 0 saturated heterocycles. The fraction of sp³-hybridized carbons (Fsp3) is 0. The van der Waals surface area contributed by atoms with Crippen LogP contribution >= 0.6 is 10.0 Å². The Labute approximate surface area is 299 Å². The Bertz CT molecular complexity index is 2500. The molecule has 0 N–H and O–H groups in total. The van der Waals surface area contributed by atoms with Crippen LogP contribution in [0.5, 0.6) is 0 Å². The van der Waals surface area contributed by atoms with Crippen LogP contribution in [0.2, 0.25) is 0 Å². The predicted octanol–water partition coefficient (Wildman–Crippen LogP) is 12.3. The van der Waals surface area contributed by atoms with Crippen molar-refractivity contribution >= 4 is 48.9 Å². The number of fused-ring (bicyclic) bond motifs is 6. The first-order chi connectivity index (χ1) is 25.3. The van der Waals surface area contributed by atoms with E-state index in [0.29, 0.717) is 0 Å². The van der Waals surface area contributed by atoms with Gasteiger partial charge < -0.3 is 4.57 Å². The Hall–Kier alpha value is -6.43. The average Bonchev–Trinajstić information content (AvgIpc) is 3.72. The van der Waals surface area contributed by atoms with Gasteiger partial charge in [-0.2, -0.15) is 5.12 Å². The second-order valence-corrected chi connectivity index (χ2v) is 15.9. The van der Waals surface area contributed by atoms with Crippen LogP contribution in [-0.2, 0) is 0 Å². The topological polar surface area (TPSA) is 14.7 Å². The van der Waals surface area contributed by atoms with E-state index in [1.807, 2.05) is 0 Å². The molecule has 3 heterocycles. The molecule has 0 radical (unpaired) electrons. The van der Waals surface area contributed by atoms with Gasteiger partial charge in [0.1, 0.15) is 0 Å². The smallest absolute Gasteiger partial charge is 0.0923 e. The number of anilines is 3. The fourth-order valence-electron chi connectivity index (χ4n) is 7.81. The van der Waals surface area contributed by atoms with E-state index in [2.05, 4.69) is 226 Å². The number of hydrogen-bond acceptors (Lipinski definition) is 3. The number of hydrogen-bond donors (Lipinski definition) is 0. The van der Waals surface area contributed by atoms with E-state index in [1.54, 1.807) is 0 Å². The van der Waals surface area contributed by atoms with Crippen molar-refractivity contribution in [2.75, 3.05) is 10.0 Å². The van der Waals surface area contributed by atoms with Crippen LogP contribution in [0.25, 0.3) is 27.5 Å². The van der Waals surface area contributed by atoms with E-state index < -0.39 is 10.0 Å². The molecule has 0 fully saturated rings. The predicted molar refractivity (Wildman–Crippen MR) is 212 cm³/mol. The van der Waals surface area contributed by atoms with Crippen molar-refractivity contribution in [2.24, 2.45) is 0 Å². The second-order valence-electron chi connectivity index (χ2n) is 12.8. The molecule has 4 nitrogen and oxygen atoms in total. The zero-order valence-corrected chi connectivity index (χ0v) is 28.6. The number of benzene rings is 7. The Kier molecular flexibility index (Phi) is 6.86. The van der Waals surface area contributed by atoms with Crippen molar-refractivity contribution in [3.05, 3.63) is 207 Å². The average molecular weight is 675 g/mol. The van der Waals surface area contributed by atoms with Gasteiger partial charge in [-0.05, 0) is 103 Å². The van der Waals surface area contributed by atoms with E-state index in [0.717, 1.165) is 22.7 Å². The van der Waals surface area contributed by atoms with Crippen molar-refractivity contribution in [2.45, 2.75) is 19.6 Å². The summed E-state index contributed by atoms with van der Waals surface area (Å²) >= 11 is 0. The SMILES string of the molecule is C1=CN2c3cc(-n4c5ccccc5c5cc(S(c6ccccc6)(c6ccccc6)c6ccccc6)ccc54)ccc3N(c3ccccc3)N2C=C1. The number of hydrazine groups is 2. The minimum atomic E-state index is -1.82. The van der Waals surface area contributed by atoms with Crippen molar-refractivity contribution in [3.8, 4) is 5.69 Å². The van der Waals surface area contributed by atoms with Gasteiger partial charge in [0.15, 0.2) is 0 Å². The lowest BCUT2D eigenvalue weighted by atomic mass is 10.1. The highest BCUT2D eigenvalue weighted by molar-refractivity contribution is 8.34. The summed E-state index contributed by atoms with van der Waals surface area (Å²) in [6, 6.07) is 66.6. The lowest BCUT2D eigenvalue weighted by Gasteiger charge is -2.42. The highest BCUT2D eigenvalue weighted by Crippen LogP contribution is 2.73. The van der Waals surface area contributed by atoms with Crippen molar-refractivity contribution in [1.82, 2.24) is 9.69 Å². The standard InChI is InChI=1S/C46H34N4S/c1-5-17-35(18-6-1)50-45-29-27-36(33-46(45)47-31-15-16-32-48(47)50)49-43-26-14-13-25-41(43)42-34-40(28-30-44(42)49)51(37-19-7-2-8-20-37,38-21-9-3-10-22-38)39-23-11-4-12-24-39/h1-34H. The minimum absolute atomic E-state index is 1.11. The van der Waals surface area contributed by atoms with Crippen LogP contribution in [0.1, 0.15) is 0 Å². The van der Waals surface area contributed by atoms with Gasteiger partial charge in [-0.15, -0.1) is 10.0 Å². The number of rotatable bonds is 6. The third-order valence-corrected chi connectivity index (χ3v) is 13.9. The van der Waals surface area contributed by atoms with E-state index >= 15 is 0 Å². The Morgan fingerprint density at radius 1 is 0.373 bits per heavy atom. The first-order valence-electron chi connectivity index (χ1n) is 17.3. The number of allylic oxidation sites excluding steroid dienone is 2. The molecule has 0 amide bonds. The Morgan fingerprint density at radius 3 is 1.61 bits per heavy atom. The molecule has 244 valence electrons. The van der Waals surface area contributed by atoms with Gasteiger partial charge in [0, 0.05) is 48.4 Å². The fourth-order valence-corrected chi connectivity index (χ4v) is 11.7. The molecule has 1 aromatic heterocycles. The van der Waals surface area contributed by atoms with Crippen LogP contribution in [0.15, 0.2) is 226 Å². The molecule has 7 aromatic carbocycles. The summed E-state index contributed by atoms with van der Waals surface area (Å²) in [6.07, 6.45) is 8.40. The second kappa shape index (κ2) is 11.9. The molecular weight excluding hydrogens is 641 g/mol. The zero-order valence-electron chi connectivity index (χ0n) is 27.8. The van der Waals surface area contributed by atoms with Crippen LogP contribution < -0.4 is 10.0 Å². The van der Waals surface area contributed by atoms with E-state index in [-0.39, 0.29) is 0 Å². The van der Waals surface area contributed by atoms with Crippen LogP contribution in [0.4, 0.5) is 17.1 Å². The molecule has 51 heavy (non-hydrogen) atoms. The van der Waals surface area contributed by atoms with Crippen molar-refractivity contribution < 1.29 is 0 Å². The van der Waals surface area contributed by atoms with Gasteiger partial charge >= 0.3 is 0 Å². The van der Waals surface area contributed by atoms with Gasteiger partial charge in [0.2, 0.25) is 0 Å². The van der Waals surface area contributed by atoms with Crippen LogP contribution in [-0.4, -0.2) is 9.69 Å². The lowest BCUT2D eigenvalue weighted by molar-refractivity contribution is 0.408. The molecule has 5 heteroatoms. The van der Waals surface area contributed by atoms with E-state index in [9.17, 15) is 0 Å². The molecular formula is C46H34N4S. The number of aromatic nitrogens is 1. The first kappa shape index (κ1) is 29.5. The first-order valence-corrected chi connectivity index (χ1v) is 18.9. The van der Waals surface area contributed by atoms with Crippen molar-refractivity contribution in [1.29, 1.82) is 0 Å². The Balaban J connectivity index is 1.21. The molecule has 0 aliphatic carbocycles. The molecule has 2 aliphatic rings. The Morgan fingerprint density at radius 2 is 0.941 bits per heavy atom. The highest BCUT2D eigenvalue weighted by Gasteiger charge is 2.35. The normalized spacial score (nSPS) is 13.9. The molecule has 8 aromatic rings. The summed E-state index contributed by atoms with van der Waals surface area (Å²) in [6.45, 7) is 0. The van der Waals surface area contributed by atoms with Gasteiger partial charge in [-0.1, -0.05) is 91.0 Å². The zero-order chi connectivity index (χ0) is 33.8. The summed E-state index contributed by atoms with van der Waals surface area (Å²) in [5.41, 5.74) is 6.86. The molecule has 10 rings (SSSR count). The highest BCUT2D eigenvalue weighted by atomic mass is 32.3. The van der Waals surface area contributed by atoms with Gasteiger partial charge in [-0.25, -0.2) is 10.0 Å². The van der Waals surface area contributed by atoms with E-state index in [4.69, 9.17) is 0 Å². The summed E-state index contributed by atoms with van der Waals surface area (Å²) in [5, 5.41) is 9.13. The molecule has 0 atom stereocenters. The summed E-state index contributed by atoms with van der Waals surface area (Å²) < 4.78 is 2.43. The maximum atomic E-state index is 2.47. The third kappa shape index (κ3) is 4.48. The molecule has 0 bridgehead atoms.